The van der Waals surface area contributed by atoms with Gasteiger partial charge in [-0.25, -0.2) is 0 Å². The number of likely N-dealkylation sites (N-methyl/N-ethyl adjacent to an activating group) is 1. The van der Waals surface area contributed by atoms with Crippen molar-refractivity contribution >= 4 is 5.91 Å². The quantitative estimate of drug-likeness (QED) is 0.808. The zero-order valence-electron chi connectivity index (χ0n) is 16.6. The largest absolute Gasteiger partial charge is 0.493 e. The number of carbonyl (C=O) groups excluding carboxylic acids is 1. The van der Waals surface area contributed by atoms with Crippen LogP contribution in [0.15, 0.2) is 12.1 Å². The fraction of sp³-hybridized carbons (Fsp3) is 0.667. The predicted molar refractivity (Wildman–Crippen MR) is 103 cm³/mol. The molecule has 2 aliphatic rings. The van der Waals surface area contributed by atoms with E-state index in [1.807, 2.05) is 18.9 Å². The Kier molecular flexibility index (Phi) is 6.07. The molecular formula is C21H32N2O3. The maximum Gasteiger partial charge on any atom is 0.239 e. The molecule has 0 unspecified atom stereocenters. The number of methoxy groups -OCH3 is 2. The molecule has 0 aromatic heterocycles. The second-order valence-electron chi connectivity index (χ2n) is 7.61. The van der Waals surface area contributed by atoms with Gasteiger partial charge in [-0.3, -0.25) is 9.69 Å². The van der Waals surface area contributed by atoms with E-state index < -0.39 is 0 Å². The molecule has 1 aromatic carbocycles. The van der Waals surface area contributed by atoms with Gasteiger partial charge in [0, 0.05) is 26.2 Å². The van der Waals surface area contributed by atoms with E-state index in [1.165, 1.54) is 30.4 Å². The first-order valence-electron chi connectivity index (χ1n) is 9.79. The number of rotatable bonds is 5. The van der Waals surface area contributed by atoms with E-state index in [9.17, 15) is 4.79 Å². The first-order chi connectivity index (χ1) is 12.5. The van der Waals surface area contributed by atoms with Gasteiger partial charge in [0.05, 0.1) is 20.3 Å². The first kappa shape index (κ1) is 19.0. The summed E-state index contributed by atoms with van der Waals surface area (Å²) in [5, 5.41) is 0. The van der Waals surface area contributed by atoms with Gasteiger partial charge < -0.3 is 14.4 Å². The maximum absolute atomic E-state index is 13.0. The third-order valence-electron chi connectivity index (χ3n) is 6.12. The highest BCUT2D eigenvalue weighted by Gasteiger charge is 2.31. The minimum Gasteiger partial charge on any atom is -0.493 e. The molecule has 1 aliphatic carbocycles. The monoisotopic (exact) mass is 360 g/mol. The van der Waals surface area contributed by atoms with Crippen molar-refractivity contribution in [2.75, 3.05) is 27.8 Å². The Morgan fingerprint density at radius 2 is 1.73 bits per heavy atom. The minimum atomic E-state index is -0.0943. The van der Waals surface area contributed by atoms with Gasteiger partial charge in [0.25, 0.3) is 0 Å². The fourth-order valence-corrected chi connectivity index (χ4v) is 4.33. The van der Waals surface area contributed by atoms with Crippen molar-refractivity contribution in [1.82, 2.24) is 9.80 Å². The molecule has 26 heavy (non-hydrogen) atoms. The van der Waals surface area contributed by atoms with Crippen LogP contribution < -0.4 is 9.47 Å². The summed E-state index contributed by atoms with van der Waals surface area (Å²) in [5.74, 6) is 1.79. The molecule has 1 aromatic rings. The molecule has 0 spiro atoms. The molecule has 1 heterocycles. The lowest BCUT2D eigenvalue weighted by atomic mass is 9.93. The Morgan fingerprint density at radius 1 is 1.12 bits per heavy atom. The zero-order valence-corrected chi connectivity index (χ0v) is 16.6. The van der Waals surface area contributed by atoms with Crippen LogP contribution in [-0.2, 0) is 17.8 Å². The van der Waals surface area contributed by atoms with E-state index >= 15 is 0 Å². The Hall–Kier alpha value is -1.75. The second-order valence-corrected chi connectivity index (χ2v) is 7.61. The van der Waals surface area contributed by atoms with Crippen molar-refractivity contribution in [2.24, 2.45) is 0 Å². The summed E-state index contributed by atoms with van der Waals surface area (Å²) in [4.78, 5) is 17.3. The smallest absolute Gasteiger partial charge is 0.239 e. The standard InChI is InChI=1S/C21H32N2O3/c1-15(21(24)22(2)18-8-6-5-7-9-18)23-11-10-16-12-19(25-3)20(26-4)13-17(16)14-23/h12-13,15,18H,5-11,14H2,1-4H3/t15-/m0/s1. The molecule has 0 bridgehead atoms. The molecule has 1 atom stereocenters. The molecular weight excluding hydrogens is 328 g/mol. The summed E-state index contributed by atoms with van der Waals surface area (Å²) in [6, 6.07) is 4.46. The van der Waals surface area contributed by atoms with E-state index in [2.05, 4.69) is 17.0 Å². The number of ether oxygens (including phenoxy) is 2. The van der Waals surface area contributed by atoms with Gasteiger partial charge in [0.2, 0.25) is 5.91 Å². The van der Waals surface area contributed by atoms with E-state index in [1.54, 1.807) is 14.2 Å². The summed E-state index contributed by atoms with van der Waals surface area (Å²) in [7, 11) is 5.32. The number of fused-ring (bicyclic) bond motifs is 1. The Balaban J connectivity index is 1.70. The Labute approximate surface area is 157 Å². The predicted octanol–water partition coefficient (Wildman–Crippen LogP) is 3.24. The molecule has 144 valence electrons. The molecule has 1 aliphatic heterocycles. The van der Waals surface area contributed by atoms with Crippen LogP contribution in [0.25, 0.3) is 0 Å². The number of benzene rings is 1. The van der Waals surface area contributed by atoms with Crippen molar-refractivity contribution in [3.63, 3.8) is 0 Å². The molecule has 5 nitrogen and oxygen atoms in total. The number of carbonyl (C=O) groups is 1. The normalized spacial score (nSPS) is 19.5. The van der Waals surface area contributed by atoms with E-state index in [-0.39, 0.29) is 11.9 Å². The average Bonchev–Trinajstić information content (AvgIpc) is 2.71. The zero-order chi connectivity index (χ0) is 18.7. The highest BCUT2D eigenvalue weighted by Crippen LogP contribution is 2.34. The van der Waals surface area contributed by atoms with Crippen LogP contribution in [0.3, 0.4) is 0 Å². The maximum atomic E-state index is 13.0. The third-order valence-corrected chi connectivity index (χ3v) is 6.12. The van der Waals surface area contributed by atoms with Gasteiger partial charge in [-0.2, -0.15) is 0 Å². The summed E-state index contributed by atoms with van der Waals surface area (Å²) in [5.41, 5.74) is 2.52. The van der Waals surface area contributed by atoms with Gasteiger partial charge in [-0.1, -0.05) is 19.3 Å². The third kappa shape index (κ3) is 3.83. The van der Waals surface area contributed by atoms with Crippen molar-refractivity contribution in [1.29, 1.82) is 0 Å². The van der Waals surface area contributed by atoms with E-state index in [0.717, 1.165) is 43.9 Å². The van der Waals surface area contributed by atoms with Crippen LogP contribution >= 0.6 is 0 Å². The van der Waals surface area contributed by atoms with Gasteiger partial charge in [-0.15, -0.1) is 0 Å². The van der Waals surface area contributed by atoms with Crippen molar-refractivity contribution in [3.05, 3.63) is 23.3 Å². The minimum absolute atomic E-state index is 0.0943. The van der Waals surface area contributed by atoms with Gasteiger partial charge in [-0.05, 0) is 49.4 Å². The van der Waals surface area contributed by atoms with Crippen molar-refractivity contribution in [2.45, 2.75) is 64.1 Å². The lowest BCUT2D eigenvalue weighted by Gasteiger charge is -2.38. The van der Waals surface area contributed by atoms with Crippen LogP contribution in [0.2, 0.25) is 0 Å². The van der Waals surface area contributed by atoms with Gasteiger partial charge >= 0.3 is 0 Å². The van der Waals surface area contributed by atoms with E-state index in [0.29, 0.717) is 6.04 Å². The lowest BCUT2D eigenvalue weighted by Crippen LogP contribution is -2.50. The van der Waals surface area contributed by atoms with Crippen LogP contribution in [0.5, 0.6) is 11.5 Å². The van der Waals surface area contributed by atoms with Crippen molar-refractivity contribution < 1.29 is 14.3 Å². The lowest BCUT2D eigenvalue weighted by molar-refractivity contribution is -0.138. The van der Waals surface area contributed by atoms with Crippen LogP contribution in [-0.4, -0.2) is 55.6 Å². The molecule has 1 fully saturated rings. The Morgan fingerprint density at radius 3 is 2.35 bits per heavy atom. The topological polar surface area (TPSA) is 42.0 Å². The SMILES string of the molecule is COc1cc2c(cc1OC)CN([C@@H](C)C(=O)N(C)C1CCCCC1)CC2. The number of nitrogens with zero attached hydrogens (tertiary/aromatic N) is 2. The van der Waals surface area contributed by atoms with Gasteiger partial charge in [0.15, 0.2) is 11.5 Å². The molecule has 1 saturated carbocycles. The molecule has 3 rings (SSSR count). The summed E-state index contributed by atoms with van der Waals surface area (Å²) < 4.78 is 10.9. The number of hydrogen-bond acceptors (Lipinski definition) is 4. The number of hydrogen-bond donors (Lipinski definition) is 0. The van der Waals surface area contributed by atoms with Crippen LogP contribution in [0.1, 0.15) is 50.2 Å². The fourth-order valence-electron chi connectivity index (χ4n) is 4.33. The summed E-state index contributed by atoms with van der Waals surface area (Å²) in [6.45, 7) is 3.72. The van der Waals surface area contributed by atoms with Crippen LogP contribution in [0.4, 0.5) is 0 Å². The summed E-state index contributed by atoms with van der Waals surface area (Å²) in [6.07, 6.45) is 7.02. The Bertz CT molecular complexity index is 640. The summed E-state index contributed by atoms with van der Waals surface area (Å²) >= 11 is 0. The highest BCUT2D eigenvalue weighted by atomic mass is 16.5. The molecule has 5 heteroatoms. The average molecular weight is 360 g/mol. The molecule has 1 amide bonds. The second kappa shape index (κ2) is 8.30. The molecule has 0 radical (unpaired) electrons. The van der Waals surface area contributed by atoms with Crippen LogP contribution in [0, 0.1) is 0 Å². The first-order valence-corrected chi connectivity index (χ1v) is 9.79. The van der Waals surface area contributed by atoms with Crippen molar-refractivity contribution in [3.8, 4) is 11.5 Å². The molecule has 0 N–H and O–H groups in total. The van der Waals surface area contributed by atoms with E-state index in [4.69, 9.17) is 9.47 Å². The number of amides is 1. The van der Waals surface area contributed by atoms with Gasteiger partial charge in [0.1, 0.15) is 0 Å². The molecule has 0 saturated heterocycles. The highest BCUT2D eigenvalue weighted by molar-refractivity contribution is 5.81.